The molecule has 0 amide bonds. The summed E-state index contributed by atoms with van der Waals surface area (Å²) < 4.78 is 28.4. The second-order valence-corrected chi connectivity index (χ2v) is 6.23. The van der Waals surface area contributed by atoms with Gasteiger partial charge in [-0.2, -0.15) is 0 Å². The van der Waals surface area contributed by atoms with Gasteiger partial charge in [-0.25, -0.2) is 15.0 Å². The minimum absolute atomic E-state index is 0. The Labute approximate surface area is 151 Å². The minimum atomic E-state index is -4.41. The predicted molar refractivity (Wildman–Crippen MR) is 68.1 cm³/mol. The number of nitrogens with zero attached hydrogens (tertiary/aromatic N) is 4. The molecule has 118 valence electrons. The first-order valence-corrected chi connectivity index (χ1v) is 7.83. The van der Waals surface area contributed by atoms with Crippen molar-refractivity contribution in [2.24, 2.45) is 0 Å². The summed E-state index contributed by atoms with van der Waals surface area (Å²) in [6.45, 7) is -0.412. The van der Waals surface area contributed by atoms with Crippen LogP contribution < -0.4 is 40.2 Å². The average Bonchev–Trinajstić information content (AvgIpc) is 3.10. The average molecular weight is 351 g/mol. The summed E-state index contributed by atoms with van der Waals surface area (Å²) in [5.41, 5.74) is 6.44. The zero-order valence-corrected chi connectivity index (χ0v) is 14.9. The van der Waals surface area contributed by atoms with E-state index in [1.807, 2.05) is 0 Å². The Hall–Kier alpha value is -0.620. The molecule has 0 aromatic carbocycles. The van der Waals surface area contributed by atoms with E-state index in [1.54, 1.807) is 0 Å². The van der Waals surface area contributed by atoms with Crippen molar-refractivity contribution in [2.75, 3.05) is 12.3 Å². The van der Waals surface area contributed by atoms with Crippen LogP contribution in [0.2, 0.25) is 0 Å². The molecule has 5 atom stereocenters. The first kappa shape index (κ1) is 17.2. The molecule has 1 unspecified atom stereocenters. The van der Waals surface area contributed by atoms with Gasteiger partial charge in [-0.1, -0.05) is 0 Å². The van der Waals surface area contributed by atoms with Crippen LogP contribution in [0, 0.1) is 0 Å². The number of anilines is 1. The van der Waals surface area contributed by atoms with Gasteiger partial charge in [0.1, 0.15) is 30.2 Å². The molecule has 0 saturated carbocycles. The van der Waals surface area contributed by atoms with Gasteiger partial charge in [-0.3, -0.25) is 9.13 Å². The summed E-state index contributed by atoms with van der Waals surface area (Å²) in [7, 11) is -4.41. The van der Waals surface area contributed by atoms with E-state index in [9.17, 15) is 14.6 Å². The van der Waals surface area contributed by atoms with Gasteiger partial charge in [-0.15, -0.1) is 0 Å². The molecule has 23 heavy (non-hydrogen) atoms. The fourth-order valence-corrected chi connectivity index (χ4v) is 3.82. The second kappa shape index (κ2) is 6.03. The molecule has 2 aromatic heterocycles. The van der Waals surface area contributed by atoms with E-state index in [4.69, 9.17) is 19.5 Å². The molecule has 2 aliphatic rings. The number of phosphoric acid groups is 1. The molecule has 4 rings (SSSR count). The zero-order chi connectivity index (χ0) is 15.5. The van der Waals surface area contributed by atoms with Crippen molar-refractivity contribution in [1.82, 2.24) is 19.5 Å². The van der Waals surface area contributed by atoms with E-state index in [-0.39, 0.29) is 35.4 Å². The number of aromatic nitrogens is 4. The Morgan fingerprint density at radius 3 is 2.83 bits per heavy atom. The summed E-state index contributed by atoms with van der Waals surface area (Å²) in [4.78, 5) is 23.5. The Morgan fingerprint density at radius 2 is 2.09 bits per heavy atom. The van der Waals surface area contributed by atoms with Crippen LogP contribution in [0.25, 0.3) is 11.2 Å². The van der Waals surface area contributed by atoms with Gasteiger partial charge in [0.2, 0.25) is 0 Å². The molecule has 4 heterocycles. The van der Waals surface area contributed by atoms with E-state index < -0.39 is 39.0 Å². The summed E-state index contributed by atoms with van der Waals surface area (Å²) in [5, 5.41) is 9.33. The number of nitrogens with two attached hydrogens (primary N) is 1. The number of hydrogen-bond acceptors (Lipinski definition) is 10. The molecular weight excluding hydrogens is 340 g/mol. The van der Waals surface area contributed by atoms with Crippen LogP contribution in [0.4, 0.5) is 5.82 Å². The molecule has 0 bridgehead atoms. The Morgan fingerprint density at radius 1 is 1.35 bits per heavy atom. The number of phosphoric ester groups is 1. The van der Waals surface area contributed by atoms with Gasteiger partial charge in [-0.05, 0) is 0 Å². The van der Waals surface area contributed by atoms with Crippen molar-refractivity contribution < 1.29 is 57.9 Å². The molecule has 3 N–H and O–H groups in total. The van der Waals surface area contributed by atoms with Crippen LogP contribution in [0.15, 0.2) is 12.7 Å². The predicted octanol–water partition coefficient (Wildman–Crippen LogP) is -4.45. The smallest absolute Gasteiger partial charge is 0.756 e. The van der Waals surface area contributed by atoms with Crippen LogP contribution in [0.3, 0.4) is 0 Å². The molecule has 0 aliphatic carbocycles. The first-order valence-electron chi connectivity index (χ1n) is 6.37. The third-order valence-corrected chi connectivity index (χ3v) is 4.63. The van der Waals surface area contributed by atoms with Gasteiger partial charge >= 0.3 is 29.6 Å². The number of hydrogen-bond donors (Lipinski definition) is 2. The van der Waals surface area contributed by atoms with E-state index >= 15 is 0 Å². The molecule has 2 saturated heterocycles. The zero-order valence-electron chi connectivity index (χ0n) is 12.0. The Kier molecular flexibility index (Phi) is 4.51. The summed E-state index contributed by atoms with van der Waals surface area (Å²) in [6.07, 6.45) is -0.906. The maximum Gasteiger partial charge on any atom is 1.00 e. The van der Waals surface area contributed by atoms with E-state index in [0.29, 0.717) is 11.2 Å². The summed E-state index contributed by atoms with van der Waals surface area (Å²) in [5.74, 6) is 0.190. The number of nitrogen functional groups attached to an aromatic ring is 1. The Bertz CT molecular complexity index is 788. The number of ether oxygens (including phenoxy) is 1. The maximum absolute atomic E-state index is 11.5. The Balaban J connectivity index is 0.00000156. The molecule has 2 fully saturated rings. The topological polar surface area (TPSA) is 158 Å². The van der Waals surface area contributed by atoms with Crippen LogP contribution in [0.1, 0.15) is 6.23 Å². The number of aliphatic hydroxyl groups is 1. The van der Waals surface area contributed by atoms with E-state index in [0.717, 1.165) is 0 Å². The van der Waals surface area contributed by atoms with Crippen molar-refractivity contribution >= 4 is 24.8 Å². The minimum Gasteiger partial charge on any atom is -0.756 e. The van der Waals surface area contributed by atoms with Crippen LogP contribution >= 0.6 is 7.82 Å². The molecule has 0 radical (unpaired) electrons. The summed E-state index contributed by atoms with van der Waals surface area (Å²) in [6, 6.07) is 0. The number of rotatable bonds is 2. The van der Waals surface area contributed by atoms with Crippen LogP contribution in [-0.4, -0.2) is 49.5 Å². The van der Waals surface area contributed by atoms with Crippen molar-refractivity contribution in [2.45, 2.75) is 24.5 Å². The van der Waals surface area contributed by atoms with Crippen LogP contribution in [-0.2, 0) is 18.3 Å². The maximum atomic E-state index is 11.5. The van der Waals surface area contributed by atoms with Crippen molar-refractivity contribution in [3.8, 4) is 0 Å². The van der Waals surface area contributed by atoms with Gasteiger partial charge in [0, 0.05) is 0 Å². The molecule has 0 spiro atoms. The third-order valence-electron chi connectivity index (χ3n) is 3.63. The van der Waals surface area contributed by atoms with Gasteiger partial charge in [0.25, 0.3) is 7.82 Å². The number of imidazole rings is 1. The second-order valence-electron chi connectivity index (χ2n) is 4.92. The third kappa shape index (κ3) is 2.72. The molecule has 2 aliphatic heterocycles. The van der Waals surface area contributed by atoms with Gasteiger partial charge in [0.15, 0.2) is 17.7 Å². The SMILES string of the molecule is Nc1ncnc2c1ncn2[C@@H]1O[C@H](CO)[C@@H]2OP(=O)([O-])O[C@@H]21.[Na+]. The fraction of sp³-hybridized carbons (Fsp3) is 0.500. The first-order chi connectivity index (χ1) is 10.5. The largest absolute Gasteiger partial charge is 1.00 e. The van der Waals surface area contributed by atoms with Crippen molar-refractivity contribution in [3.63, 3.8) is 0 Å². The number of fused-ring (bicyclic) bond motifs is 2. The van der Waals surface area contributed by atoms with Crippen molar-refractivity contribution in [1.29, 1.82) is 0 Å². The normalized spacial score (nSPS) is 36.1. The molecular formula is C10H11N5NaO6P. The molecule has 11 nitrogen and oxygen atoms in total. The standard InChI is InChI=1S/C10H12N5O6P.Na/c11-8-5-9(13-2-12-8)15(3-14-5)10-7-6(4(1-16)19-10)20-22(17,18)21-7;/h2-4,6-7,10,16H,1H2,(H,17,18)(H2,11,12,13);/q;+1/p-1/t4-,6+,7+,10-;/m1./s1. The molecule has 2 aromatic rings. The van der Waals surface area contributed by atoms with E-state index in [1.165, 1.54) is 17.2 Å². The fourth-order valence-electron chi connectivity index (χ4n) is 2.70. The monoisotopic (exact) mass is 351 g/mol. The quantitative estimate of drug-likeness (QED) is 0.399. The van der Waals surface area contributed by atoms with Gasteiger partial charge < -0.3 is 29.5 Å². The van der Waals surface area contributed by atoms with Gasteiger partial charge in [0.05, 0.1) is 12.9 Å². The number of aliphatic hydroxyl groups excluding tert-OH is 1. The summed E-state index contributed by atoms with van der Waals surface area (Å²) >= 11 is 0. The van der Waals surface area contributed by atoms with E-state index in [2.05, 4.69) is 15.0 Å². The molecule has 13 heteroatoms. The van der Waals surface area contributed by atoms with Crippen LogP contribution in [0.5, 0.6) is 0 Å². The van der Waals surface area contributed by atoms with Crippen molar-refractivity contribution in [3.05, 3.63) is 12.7 Å².